The Hall–Kier alpha value is -2.34. The van der Waals surface area contributed by atoms with Crippen LogP contribution < -0.4 is 10.2 Å². The number of hydrogen-bond acceptors (Lipinski definition) is 4. The second-order valence-corrected chi connectivity index (χ2v) is 8.43. The molecule has 1 aromatic heterocycles. The van der Waals surface area contributed by atoms with E-state index in [-0.39, 0.29) is 0 Å². The Labute approximate surface area is 178 Å². The lowest BCUT2D eigenvalue weighted by Gasteiger charge is -2.29. The second-order valence-electron chi connectivity index (χ2n) is 7.59. The van der Waals surface area contributed by atoms with E-state index in [4.69, 9.17) is 9.98 Å². The van der Waals surface area contributed by atoms with Crippen molar-refractivity contribution in [2.75, 3.05) is 44.2 Å². The van der Waals surface area contributed by atoms with Gasteiger partial charge in [-0.25, -0.2) is 4.98 Å². The first-order chi connectivity index (χ1) is 14.3. The monoisotopic (exact) mass is 409 g/mol. The zero-order valence-electron chi connectivity index (χ0n) is 17.3. The van der Waals surface area contributed by atoms with Gasteiger partial charge in [0.05, 0.1) is 5.69 Å². The molecule has 6 heteroatoms. The number of thiazole rings is 1. The molecular weight excluding hydrogens is 378 g/mol. The first kappa shape index (κ1) is 20.0. The molecular formula is C23H31N5S. The van der Waals surface area contributed by atoms with Gasteiger partial charge in [-0.05, 0) is 37.3 Å². The van der Waals surface area contributed by atoms with E-state index in [1.807, 2.05) is 0 Å². The zero-order valence-corrected chi connectivity index (χ0v) is 18.1. The summed E-state index contributed by atoms with van der Waals surface area (Å²) in [6.45, 7) is 8.02. The Morgan fingerprint density at radius 3 is 2.72 bits per heavy atom. The standard InChI is InChI=1S/C23H31N5S/c1-2-24-22(27-16-11-20(12-17-27)19-8-4-3-5-9-19)25-13-10-21-18-29-23(26-21)28-14-6-7-15-28/h3-5,8-9,11,18H,2,6-7,10,12-17H2,1H3,(H,24,25). The lowest BCUT2D eigenvalue weighted by molar-refractivity contribution is 0.440. The van der Waals surface area contributed by atoms with Gasteiger partial charge in [0, 0.05) is 51.1 Å². The molecule has 1 fully saturated rings. The molecule has 29 heavy (non-hydrogen) atoms. The normalized spacial score (nSPS) is 17.6. The number of nitrogens with one attached hydrogen (secondary N) is 1. The van der Waals surface area contributed by atoms with Gasteiger partial charge in [-0.1, -0.05) is 36.4 Å². The molecule has 0 bridgehead atoms. The average molecular weight is 410 g/mol. The van der Waals surface area contributed by atoms with Crippen LogP contribution in [-0.2, 0) is 6.42 Å². The smallest absolute Gasteiger partial charge is 0.194 e. The highest BCUT2D eigenvalue weighted by molar-refractivity contribution is 7.13. The third kappa shape index (κ3) is 5.18. The van der Waals surface area contributed by atoms with Crippen molar-refractivity contribution in [3.05, 3.63) is 53.0 Å². The van der Waals surface area contributed by atoms with Crippen LogP contribution in [0.1, 0.15) is 37.4 Å². The minimum Gasteiger partial charge on any atom is -0.357 e. The average Bonchev–Trinajstić information content (AvgIpc) is 3.46. The van der Waals surface area contributed by atoms with Crippen LogP contribution >= 0.6 is 11.3 Å². The van der Waals surface area contributed by atoms with Crippen molar-refractivity contribution < 1.29 is 0 Å². The maximum Gasteiger partial charge on any atom is 0.194 e. The van der Waals surface area contributed by atoms with Crippen LogP contribution in [0.4, 0.5) is 5.13 Å². The van der Waals surface area contributed by atoms with Crippen LogP contribution in [0.2, 0.25) is 0 Å². The van der Waals surface area contributed by atoms with Crippen LogP contribution in [0.15, 0.2) is 46.8 Å². The lowest BCUT2D eigenvalue weighted by atomic mass is 10.00. The van der Waals surface area contributed by atoms with E-state index in [0.717, 1.165) is 58.1 Å². The van der Waals surface area contributed by atoms with Crippen molar-refractivity contribution in [2.24, 2.45) is 4.99 Å². The summed E-state index contributed by atoms with van der Waals surface area (Å²) >= 11 is 1.77. The third-order valence-electron chi connectivity index (χ3n) is 5.53. The molecule has 5 nitrogen and oxygen atoms in total. The number of benzene rings is 1. The summed E-state index contributed by atoms with van der Waals surface area (Å²) in [6, 6.07) is 10.7. The van der Waals surface area contributed by atoms with E-state index >= 15 is 0 Å². The van der Waals surface area contributed by atoms with Crippen molar-refractivity contribution in [1.82, 2.24) is 15.2 Å². The molecule has 0 saturated carbocycles. The molecule has 1 saturated heterocycles. The summed E-state index contributed by atoms with van der Waals surface area (Å²) in [5.74, 6) is 1.02. The van der Waals surface area contributed by atoms with Crippen molar-refractivity contribution in [3.63, 3.8) is 0 Å². The van der Waals surface area contributed by atoms with Crippen LogP contribution in [0.3, 0.4) is 0 Å². The largest absolute Gasteiger partial charge is 0.357 e. The number of aliphatic imine (C=N–C) groups is 1. The van der Waals surface area contributed by atoms with Gasteiger partial charge in [-0.15, -0.1) is 11.3 Å². The number of aromatic nitrogens is 1. The summed E-state index contributed by atoms with van der Waals surface area (Å²) in [5, 5.41) is 6.85. The molecule has 0 aliphatic carbocycles. The van der Waals surface area contributed by atoms with Gasteiger partial charge >= 0.3 is 0 Å². The Kier molecular flexibility index (Phi) is 6.83. The predicted octanol–water partition coefficient (Wildman–Crippen LogP) is 4.04. The Balaban J connectivity index is 1.34. The fourth-order valence-electron chi connectivity index (χ4n) is 3.94. The topological polar surface area (TPSA) is 43.8 Å². The molecule has 0 unspecified atom stereocenters. The van der Waals surface area contributed by atoms with Crippen molar-refractivity contribution in [3.8, 4) is 0 Å². The van der Waals surface area contributed by atoms with E-state index in [9.17, 15) is 0 Å². The van der Waals surface area contributed by atoms with Gasteiger partial charge in [0.1, 0.15) is 0 Å². The minimum atomic E-state index is 0.775. The molecule has 1 aromatic carbocycles. The predicted molar refractivity (Wildman–Crippen MR) is 124 cm³/mol. The van der Waals surface area contributed by atoms with Crippen LogP contribution in [-0.4, -0.2) is 55.1 Å². The van der Waals surface area contributed by atoms with E-state index < -0.39 is 0 Å². The summed E-state index contributed by atoms with van der Waals surface area (Å²) in [5.41, 5.74) is 3.95. The van der Waals surface area contributed by atoms with E-state index in [1.165, 1.54) is 34.8 Å². The first-order valence-electron chi connectivity index (χ1n) is 10.8. The zero-order chi connectivity index (χ0) is 19.9. The third-order valence-corrected chi connectivity index (χ3v) is 6.48. The molecule has 0 amide bonds. The highest BCUT2D eigenvalue weighted by atomic mass is 32.1. The quantitative estimate of drug-likeness (QED) is 0.578. The molecule has 3 heterocycles. The molecule has 154 valence electrons. The van der Waals surface area contributed by atoms with Gasteiger partial charge in [0.15, 0.2) is 11.1 Å². The Morgan fingerprint density at radius 1 is 1.17 bits per heavy atom. The molecule has 1 N–H and O–H groups in total. The Morgan fingerprint density at radius 2 is 2.00 bits per heavy atom. The first-order valence-corrected chi connectivity index (χ1v) is 11.7. The molecule has 2 aliphatic heterocycles. The number of guanidine groups is 1. The highest BCUT2D eigenvalue weighted by Gasteiger charge is 2.17. The second kappa shape index (κ2) is 9.92. The summed E-state index contributed by atoms with van der Waals surface area (Å²) in [4.78, 5) is 14.5. The van der Waals surface area contributed by atoms with Gasteiger partial charge < -0.3 is 15.1 Å². The maximum atomic E-state index is 4.89. The summed E-state index contributed by atoms with van der Waals surface area (Å²) in [6.07, 6.45) is 6.88. The van der Waals surface area contributed by atoms with Crippen molar-refractivity contribution >= 4 is 28.0 Å². The minimum absolute atomic E-state index is 0.775. The Bertz CT molecular complexity index is 836. The van der Waals surface area contributed by atoms with Gasteiger partial charge in [0.2, 0.25) is 0 Å². The maximum absolute atomic E-state index is 4.89. The molecule has 2 aliphatic rings. The van der Waals surface area contributed by atoms with Gasteiger partial charge in [-0.2, -0.15) is 0 Å². The number of anilines is 1. The van der Waals surface area contributed by atoms with Crippen molar-refractivity contribution in [1.29, 1.82) is 0 Å². The summed E-state index contributed by atoms with van der Waals surface area (Å²) in [7, 11) is 0. The molecule has 0 atom stereocenters. The van der Waals surface area contributed by atoms with Crippen molar-refractivity contribution in [2.45, 2.75) is 32.6 Å². The van der Waals surface area contributed by atoms with Crippen LogP contribution in [0.5, 0.6) is 0 Å². The van der Waals surface area contributed by atoms with E-state index in [0.29, 0.717) is 0 Å². The van der Waals surface area contributed by atoms with Crippen LogP contribution in [0.25, 0.3) is 5.57 Å². The highest BCUT2D eigenvalue weighted by Crippen LogP contribution is 2.25. The SMILES string of the molecule is CCNC(=NCCc1csc(N2CCCC2)n1)N1CC=C(c2ccccc2)CC1. The molecule has 2 aromatic rings. The fraction of sp³-hybridized carbons (Fsp3) is 0.478. The molecule has 4 rings (SSSR count). The van der Waals surface area contributed by atoms with E-state index in [1.54, 1.807) is 11.3 Å². The lowest BCUT2D eigenvalue weighted by Crippen LogP contribution is -2.43. The van der Waals surface area contributed by atoms with Gasteiger partial charge in [-0.3, -0.25) is 4.99 Å². The molecule has 0 radical (unpaired) electrons. The van der Waals surface area contributed by atoms with E-state index in [2.05, 4.69) is 63.8 Å². The number of nitrogens with zero attached hydrogens (tertiary/aromatic N) is 4. The fourth-order valence-corrected chi connectivity index (χ4v) is 4.86. The summed E-state index contributed by atoms with van der Waals surface area (Å²) < 4.78 is 0. The number of rotatable bonds is 6. The van der Waals surface area contributed by atoms with Gasteiger partial charge in [0.25, 0.3) is 0 Å². The van der Waals surface area contributed by atoms with Crippen LogP contribution in [0, 0.1) is 0 Å². The number of hydrogen-bond donors (Lipinski definition) is 1. The molecule has 0 spiro atoms.